The third-order valence-electron chi connectivity index (χ3n) is 4.18. The SMILES string of the molecule is O=C(N[C@H](c1ccccc1)c1cccc(F)c1)N[C@H]1CCCNC1=O. The van der Waals surface area contributed by atoms with Crippen LogP contribution in [-0.4, -0.2) is 24.5 Å². The number of nitrogens with one attached hydrogen (secondary N) is 3. The second kappa shape index (κ2) is 7.79. The Hall–Kier alpha value is -2.89. The van der Waals surface area contributed by atoms with Crippen molar-refractivity contribution in [1.82, 2.24) is 16.0 Å². The summed E-state index contributed by atoms with van der Waals surface area (Å²) in [7, 11) is 0. The van der Waals surface area contributed by atoms with Gasteiger partial charge in [-0.3, -0.25) is 4.79 Å². The molecule has 2 aromatic rings. The van der Waals surface area contributed by atoms with Crippen molar-refractivity contribution in [3.63, 3.8) is 0 Å². The molecule has 2 aromatic carbocycles. The van der Waals surface area contributed by atoms with Crippen molar-refractivity contribution in [3.05, 3.63) is 71.5 Å². The fraction of sp³-hybridized carbons (Fsp3) is 0.263. The molecule has 0 aromatic heterocycles. The molecule has 0 saturated carbocycles. The minimum atomic E-state index is -0.544. The zero-order chi connectivity index (χ0) is 17.6. The van der Waals surface area contributed by atoms with Crippen LogP contribution in [0.15, 0.2) is 54.6 Å². The number of halogens is 1. The Morgan fingerprint density at radius 3 is 2.60 bits per heavy atom. The van der Waals surface area contributed by atoms with Crippen LogP contribution in [0, 0.1) is 5.82 Å². The first-order valence-corrected chi connectivity index (χ1v) is 8.28. The third-order valence-corrected chi connectivity index (χ3v) is 4.18. The first kappa shape index (κ1) is 17.0. The summed E-state index contributed by atoms with van der Waals surface area (Å²) >= 11 is 0. The van der Waals surface area contributed by atoms with Crippen molar-refractivity contribution in [2.24, 2.45) is 0 Å². The van der Waals surface area contributed by atoms with Gasteiger partial charge in [0, 0.05) is 6.54 Å². The van der Waals surface area contributed by atoms with Crippen molar-refractivity contribution in [3.8, 4) is 0 Å². The monoisotopic (exact) mass is 341 g/mol. The Labute approximate surface area is 145 Å². The maximum Gasteiger partial charge on any atom is 0.316 e. The molecule has 1 aliphatic rings. The van der Waals surface area contributed by atoms with E-state index in [1.165, 1.54) is 12.1 Å². The van der Waals surface area contributed by atoms with Crippen LogP contribution in [0.3, 0.4) is 0 Å². The highest BCUT2D eigenvalue weighted by Gasteiger charge is 2.25. The van der Waals surface area contributed by atoms with E-state index in [4.69, 9.17) is 0 Å². The molecular formula is C19H20FN3O2. The molecule has 25 heavy (non-hydrogen) atoms. The number of piperidine rings is 1. The van der Waals surface area contributed by atoms with Crippen molar-refractivity contribution in [1.29, 1.82) is 0 Å². The third kappa shape index (κ3) is 4.35. The Bertz CT molecular complexity index is 751. The van der Waals surface area contributed by atoms with Crippen LogP contribution in [0.25, 0.3) is 0 Å². The lowest BCUT2D eigenvalue weighted by molar-refractivity contribution is -0.124. The van der Waals surface area contributed by atoms with E-state index in [0.717, 1.165) is 12.0 Å². The number of rotatable bonds is 4. The Morgan fingerprint density at radius 2 is 1.88 bits per heavy atom. The summed E-state index contributed by atoms with van der Waals surface area (Å²) in [5.41, 5.74) is 1.46. The molecule has 2 atom stereocenters. The number of urea groups is 1. The van der Waals surface area contributed by atoms with Crippen LogP contribution in [-0.2, 0) is 4.79 Å². The lowest BCUT2D eigenvalue weighted by Gasteiger charge is -2.25. The van der Waals surface area contributed by atoms with Gasteiger partial charge >= 0.3 is 6.03 Å². The number of carbonyl (C=O) groups is 2. The molecule has 1 heterocycles. The summed E-state index contributed by atoms with van der Waals surface area (Å²) in [5, 5.41) is 8.28. The topological polar surface area (TPSA) is 70.2 Å². The molecule has 0 aliphatic carbocycles. The molecule has 1 aliphatic heterocycles. The minimum Gasteiger partial charge on any atom is -0.354 e. The molecule has 3 amide bonds. The van der Waals surface area contributed by atoms with Crippen molar-refractivity contribution < 1.29 is 14.0 Å². The number of benzene rings is 2. The molecule has 3 rings (SSSR count). The number of amides is 3. The summed E-state index contributed by atoms with van der Waals surface area (Å²) in [6.45, 7) is 0.633. The quantitative estimate of drug-likeness (QED) is 0.800. The lowest BCUT2D eigenvalue weighted by Crippen LogP contribution is -2.53. The van der Waals surface area contributed by atoms with Crippen LogP contribution in [0.5, 0.6) is 0 Å². The van der Waals surface area contributed by atoms with Gasteiger partial charge in [0.1, 0.15) is 11.9 Å². The van der Waals surface area contributed by atoms with Crippen molar-refractivity contribution >= 4 is 11.9 Å². The van der Waals surface area contributed by atoms with Gasteiger partial charge < -0.3 is 16.0 Å². The summed E-state index contributed by atoms with van der Waals surface area (Å²) in [6, 6.07) is 13.9. The predicted molar refractivity (Wildman–Crippen MR) is 92.4 cm³/mol. The maximum absolute atomic E-state index is 13.6. The van der Waals surface area contributed by atoms with Gasteiger partial charge in [-0.1, -0.05) is 42.5 Å². The average molecular weight is 341 g/mol. The molecule has 0 radical (unpaired) electrons. The summed E-state index contributed by atoms with van der Waals surface area (Å²) in [4.78, 5) is 24.2. The highest BCUT2D eigenvalue weighted by atomic mass is 19.1. The molecule has 3 N–H and O–H groups in total. The smallest absolute Gasteiger partial charge is 0.316 e. The molecule has 1 fully saturated rings. The molecule has 130 valence electrons. The van der Waals surface area contributed by atoms with E-state index in [9.17, 15) is 14.0 Å². The van der Waals surface area contributed by atoms with Gasteiger partial charge in [-0.2, -0.15) is 0 Å². The first-order valence-electron chi connectivity index (χ1n) is 8.28. The predicted octanol–water partition coefficient (Wildman–Crippen LogP) is 2.49. The molecule has 1 saturated heterocycles. The van der Waals surface area contributed by atoms with E-state index in [0.29, 0.717) is 18.5 Å². The summed E-state index contributed by atoms with van der Waals surface area (Å²) < 4.78 is 13.6. The van der Waals surface area contributed by atoms with E-state index in [1.807, 2.05) is 30.3 Å². The summed E-state index contributed by atoms with van der Waals surface area (Å²) in [5.74, 6) is -0.546. The van der Waals surface area contributed by atoms with Crippen LogP contribution in [0.2, 0.25) is 0 Å². The largest absolute Gasteiger partial charge is 0.354 e. The highest BCUT2D eigenvalue weighted by molar-refractivity contribution is 5.87. The Balaban J connectivity index is 1.78. The molecule has 6 heteroatoms. The molecule has 0 unspecified atom stereocenters. The van der Waals surface area contributed by atoms with Crippen LogP contribution >= 0.6 is 0 Å². The van der Waals surface area contributed by atoms with Gasteiger partial charge in [-0.15, -0.1) is 0 Å². The van der Waals surface area contributed by atoms with Gasteiger partial charge in [0.15, 0.2) is 0 Å². The van der Waals surface area contributed by atoms with E-state index in [2.05, 4.69) is 16.0 Å². The van der Waals surface area contributed by atoms with E-state index in [-0.39, 0.29) is 11.7 Å². The van der Waals surface area contributed by atoms with Crippen LogP contribution in [0.4, 0.5) is 9.18 Å². The minimum absolute atomic E-state index is 0.177. The fourth-order valence-corrected chi connectivity index (χ4v) is 2.93. The molecule has 0 spiro atoms. The zero-order valence-corrected chi connectivity index (χ0v) is 13.7. The Morgan fingerprint density at radius 1 is 1.12 bits per heavy atom. The lowest BCUT2D eigenvalue weighted by atomic mass is 9.98. The molecule has 0 bridgehead atoms. The normalized spacial score (nSPS) is 18.1. The molecular weight excluding hydrogens is 321 g/mol. The highest BCUT2D eigenvalue weighted by Crippen LogP contribution is 2.22. The van der Waals surface area contributed by atoms with Gasteiger partial charge in [0.25, 0.3) is 0 Å². The zero-order valence-electron chi connectivity index (χ0n) is 13.7. The van der Waals surface area contributed by atoms with Crippen LogP contribution < -0.4 is 16.0 Å². The van der Waals surface area contributed by atoms with E-state index >= 15 is 0 Å². The number of carbonyl (C=O) groups excluding carboxylic acids is 2. The summed E-state index contributed by atoms with van der Waals surface area (Å²) in [6.07, 6.45) is 1.43. The van der Waals surface area contributed by atoms with Gasteiger partial charge in [0.05, 0.1) is 6.04 Å². The van der Waals surface area contributed by atoms with Crippen molar-refractivity contribution in [2.45, 2.75) is 24.9 Å². The maximum atomic E-state index is 13.6. The Kier molecular flexibility index (Phi) is 5.28. The standard InChI is InChI=1S/C19H20FN3O2/c20-15-9-4-8-14(12-15)17(13-6-2-1-3-7-13)23-19(25)22-16-10-5-11-21-18(16)24/h1-4,6-9,12,16-17H,5,10-11H2,(H,21,24)(H2,22,23,25)/t16-,17+/m0/s1. The van der Waals surface area contributed by atoms with E-state index in [1.54, 1.807) is 12.1 Å². The second-order valence-electron chi connectivity index (χ2n) is 6.00. The first-order chi connectivity index (χ1) is 12.1. The van der Waals surface area contributed by atoms with Gasteiger partial charge in [0.2, 0.25) is 5.91 Å². The fourth-order valence-electron chi connectivity index (χ4n) is 2.93. The second-order valence-corrected chi connectivity index (χ2v) is 6.00. The number of hydrogen-bond donors (Lipinski definition) is 3. The van der Waals surface area contributed by atoms with Crippen molar-refractivity contribution in [2.75, 3.05) is 6.54 Å². The van der Waals surface area contributed by atoms with E-state index < -0.39 is 18.1 Å². The molecule has 5 nitrogen and oxygen atoms in total. The van der Waals surface area contributed by atoms with Crippen LogP contribution in [0.1, 0.15) is 30.0 Å². The van der Waals surface area contributed by atoms with Gasteiger partial charge in [-0.25, -0.2) is 9.18 Å². The average Bonchev–Trinajstić information content (AvgIpc) is 2.62. The van der Waals surface area contributed by atoms with Gasteiger partial charge in [-0.05, 0) is 36.1 Å². The number of hydrogen-bond acceptors (Lipinski definition) is 2.